The van der Waals surface area contributed by atoms with Gasteiger partial charge in [0.15, 0.2) is 0 Å². The smallest absolute Gasteiger partial charge is 0.374 e. The zero-order valence-electron chi connectivity index (χ0n) is 16.9. The molecule has 2 aromatic rings. The summed E-state index contributed by atoms with van der Waals surface area (Å²) in [5.74, 6) is 0. The maximum Gasteiger partial charge on any atom is 0.374 e. The molecular formula is C21H32O4Si2. The van der Waals surface area contributed by atoms with E-state index in [1.807, 2.05) is 64.1 Å². The molecule has 27 heavy (non-hydrogen) atoms. The number of rotatable bonds is 12. The zero-order valence-corrected chi connectivity index (χ0v) is 18.9. The predicted molar refractivity (Wildman–Crippen MR) is 115 cm³/mol. The fourth-order valence-electron chi connectivity index (χ4n) is 3.45. The first-order valence-corrected chi connectivity index (χ1v) is 13.9. The average Bonchev–Trinajstić information content (AvgIpc) is 2.70. The van der Waals surface area contributed by atoms with E-state index in [0.717, 1.165) is 10.4 Å². The molecule has 0 fully saturated rings. The Balaban J connectivity index is 2.57. The van der Waals surface area contributed by atoms with Crippen LogP contribution in [-0.4, -0.2) is 43.5 Å². The summed E-state index contributed by atoms with van der Waals surface area (Å²) in [5.41, 5.74) is 0.664. The second-order valence-electron chi connectivity index (χ2n) is 6.15. The van der Waals surface area contributed by atoms with Crippen molar-refractivity contribution in [2.24, 2.45) is 0 Å². The first kappa shape index (κ1) is 22.0. The van der Waals surface area contributed by atoms with Gasteiger partial charge in [-0.2, -0.15) is 0 Å². The highest BCUT2D eigenvalue weighted by atomic mass is 28.4. The molecule has 0 radical (unpaired) electrons. The fourth-order valence-corrected chi connectivity index (χ4v) is 13.3. The van der Waals surface area contributed by atoms with E-state index in [1.165, 1.54) is 0 Å². The minimum Gasteiger partial charge on any atom is -0.391 e. The highest BCUT2D eigenvalue weighted by Gasteiger charge is 2.53. The van der Waals surface area contributed by atoms with Gasteiger partial charge in [0.05, 0.1) is 0 Å². The topological polar surface area (TPSA) is 36.9 Å². The third kappa shape index (κ3) is 5.37. The van der Waals surface area contributed by atoms with Crippen LogP contribution in [0.25, 0.3) is 0 Å². The summed E-state index contributed by atoms with van der Waals surface area (Å²) >= 11 is 0. The second kappa shape index (κ2) is 10.9. The highest BCUT2D eigenvalue weighted by Crippen LogP contribution is 2.25. The van der Waals surface area contributed by atoms with E-state index >= 15 is 0 Å². The predicted octanol–water partition coefficient (Wildman–Crippen LogP) is 3.37. The summed E-state index contributed by atoms with van der Waals surface area (Å²) < 4.78 is 25.7. The molecule has 0 heterocycles. The molecule has 0 amide bonds. The van der Waals surface area contributed by atoms with Crippen LogP contribution < -0.4 is 10.4 Å². The standard InChI is InChI=1S/C21H32O4Si2/c1-5-22-26(23-6-2,20-15-11-9-12-16-20)19-27(24-7-3,25-8-4)21-17-13-10-14-18-21/h9-18H,5-8,19H2,1-4H3. The van der Waals surface area contributed by atoms with Crippen LogP contribution in [0.2, 0.25) is 5.67 Å². The van der Waals surface area contributed by atoms with E-state index in [1.54, 1.807) is 0 Å². The third-order valence-electron chi connectivity index (χ3n) is 4.40. The first-order chi connectivity index (χ1) is 13.2. The number of hydrogen-bond acceptors (Lipinski definition) is 4. The van der Waals surface area contributed by atoms with Gasteiger partial charge in [-0.25, -0.2) is 0 Å². The van der Waals surface area contributed by atoms with Crippen LogP contribution in [0.3, 0.4) is 0 Å². The van der Waals surface area contributed by atoms with E-state index in [9.17, 15) is 0 Å². The van der Waals surface area contributed by atoms with Crippen LogP contribution in [0.4, 0.5) is 0 Å². The van der Waals surface area contributed by atoms with Gasteiger partial charge in [-0.3, -0.25) is 0 Å². The molecule has 0 spiro atoms. The average molecular weight is 405 g/mol. The van der Waals surface area contributed by atoms with Gasteiger partial charge in [0, 0.05) is 32.1 Å². The number of benzene rings is 2. The summed E-state index contributed by atoms with van der Waals surface area (Å²) in [4.78, 5) is 0. The van der Waals surface area contributed by atoms with Crippen molar-refractivity contribution < 1.29 is 17.7 Å². The SMILES string of the molecule is CCO[Si](C[Si](OCC)(OCC)c1ccccc1)(OCC)c1ccccc1. The van der Waals surface area contributed by atoms with Gasteiger partial charge in [0.1, 0.15) is 0 Å². The molecule has 0 saturated heterocycles. The van der Waals surface area contributed by atoms with Crippen LogP contribution in [0, 0.1) is 0 Å². The van der Waals surface area contributed by atoms with Gasteiger partial charge in [0.25, 0.3) is 0 Å². The van der Waals surface area contributed by atoms with Crippen molar-refractivity contribution in [3.05, 3.63) is 60.7 Å². The Morgan fingerprint density at radius 2 is 0.815 bits per heavy atom. The van der Waals surface area contributed by atoms with E-state index < -0.39 is 17.1 Å². The van der Waals surface area contributed by atoms with Crippen LogP contribution in [0.1, 0.15) is 27.7 Å². The fraction of sp³-hybridized carbons (Fsp3) is 0.429. The van der Waals surface area contributed by atoms with Crippen LogP contribution >= 0.6 is 0 Å². The summed E-state index contributed by atoms with van der Waals surface area (Å²) in [6.45, 7) is 10.5. The molecule has 0 unspecified atom stereocenters. The monoisotopic (exact) mass is 404 g/mol. The Bertz CT molecular complexity index is 582. The molecule has 0 aliphatic heterocycles. The second-order valence-corrected chi connectivity index (χ2v) is 12.9. The minimum absolute atomic E-state index is 0.596. The zero-order chi connectivity index (χ0) is 19.6. The molecule has 0 aliphatic rings. The van der Waals surface area contributed by atoms with Crippen LogP contribution in [-0.2, 0) is 17.7 Å². The Morgan fingerprint density at radius 3 is 1.07 bits per heavy atom. The van der Waals surface area contributed by atoms with E-state index in [4.69, 9.17) is 17.7 Å². The molecule has 4 nitrogen and oxygen atoms in total. The summed E-state index contributed by atoms with van der Waals surface area (Å²) in [7, 11) is -5.51. The van der Waals surface area contributed by atoms with Gasteiger partial charge in [0.2, 0.25) is 0 Å². The molecular weight excluding hydrogens is 372 g/mol. The summed E-state index contributed by atoms with van der Waals surface area (Å²) in [5, 5.41) is 2.25. The van der Waals surface area contributed by atoms with Gasteiger partial charge in [-0.05, 0) is 38.1 Å². The van der Waals surface area contributed by atoms with Crippen molar-refractivity contribution in [1.82, 2.24) is 0 Å². The molecule has 2 rings (SSSR count). The van der Waals surface area contributed by atoms with E-state index in [-0.39, 0.29) is 0 Å². The Morgan fingerprint density at radius 1 is 0.519 bits per heavy atom. The largest absolute Gasteiger partial charge is 0.391 e. The highest BCUT2D eigenvalue weighted by molar-refractivity contribution is 6.98. The summed E-state index contributed by atoms with van der Waals surface area (Å²) in [6.07, 6.45) is 0. The van der Waals surface area contributed by atoms with Crippen molar-refractivity contribution in [1.29, 1.82) is 0 Å². The van der Waals surface area contributed by atoms with Crippen LogP contribution in [0.5, 0.6) is 0 Å². The molecule has 0 atom stereocenters. The van der Waals surface area contributed by atoms with Gasteiger partial charge >= 0.3 is 17.1 Å². The third-order valence-corrected chi connectivity index (χ3v) is 13.6. The number of hydrogen-bond donors (Lipinski definition) is 0. The van der Waals surface area contributed by atoms with Crippen molar-refractivity contribution >= 4 is 27.5 Å². The normalized spacial score (nSPS) is 12.3. The molecule has 6 heteroatoms. The minimum atomic E-state index is -2.75. The van der Waals surface area contributed by atoms with E-state index in [0.29, 0.717) is 32.1 Å². The van der Waals surface area contributed by atoms with Crippen molar-refractivity contribution in [3.63, 3.8) is 0 Å². The van der Waals surface area contributed by atoms with Gasteiger partial charge < -0.3 is 17.7 Å². The van der Waals surface area contributed by atoms with Crippen molar-refractivity contribution in [2.75, 3.05) is 26.4 Å². The Hall–Kier alpha value is -1.29. The van der Waals surface area contributed by atoms with Gasteiger partial charge in [-0.15, -0.1) is 0 Å². The van der Waals surface area contributed by atoms with Crippen molar-refractivity contribution in [3.8, 4) is 0 Å². The molecule has 148 valence electrons. The Labute approximate surface area is 165 Å². The molecule has 2 aromatic carbocycles. The quantitative estimate of drug-likeness (QED) is 0.508. The Kier molecular flexibility index (Phi) is 8.88. The van der Waals surface area contributed by atoms with Gasteiger partial charge in [-0.1, -0.05) is 60.7 Å². The van der Waals surface area contributed by atoms with E-state index in [2.05, 4.69) is 24.3 Å². The lowest BCUT2D eigenvalue weighted by molar-refractivity contribution is 0.176. The molecule has 0 N–H and O–H groups in total. The summed E-state index contributed by atoms with van der Waals surface area (Å²) in [6, 6.07) is 20.7. The maximum absolute atomic E-state index is 6.42. The molecule has 0 aliphatic carbocycles. The molecule has 0 saturated carbocycles. The lowest BCUT2D eigenvalue weighted by Crippen LogP contribution is -2.65. The maximum atomic E-state index is 6.42. The lowest BCUT2D eigenvalue weighted by Gasteiger charge is -2.38. The first-order valence-electron chi connectivity index (χ1n) is 9.83. The lowest BCUT2D eigenvalue weighted by atomic mass is 10.4. The van der Waals surface area contributed by atoms with Crippen molar-refractivity contribution in [2.45, 2.75) is 33.4 Å². The molecule has 0 bridgehead atoms. The van der Waals surface area contributed by atoms with Crippen LogP contribution in [0.15, 0.2) is 60.7 Å². The molecule has 0 aromatic heterocycles.